The van der Waals surface area contributed by atoms with Gasteiger partial charge in [0, 0.05) is 74.3 Å². The van der Waals surface area contributed by atoms with Crippen LogP contribution in [0.15, 0.2) is 24.4 Å². The molecule has 2 atom stereocenters. The number of nitrogens with one attached hydrogen (secondary N) is 3. The van der Waals surface area contributed by atoms with Crippen molar-refractivity contribution in [3.8, 4) is 5.75 Å². The van der Waals surface area contributed by atoms with Gasteiger partial charge in [0.25, 0.3) is 5.91 Å². The monoisotopic (exact) mass is 556 g/mol. The molecule has 212 valence electrons. The minimum atomic E-state index is -4.50. The van der Waals surface area contributed by atoms with Crippen molar-refractivity contribution in [2.45, 2.75) is 50.0 Å². The number of carbonyl (C=O) groups is 1. The molecule has 3 saturated heterocycles. The van der Waals surface area contributed by atoms with Crippen molar-refractivity contribution in [3.63, 3.8) is 0 Å². The summed E-state index contributed by atoms with van der Waals surface area (Å²) in [6.45, 7) is 3.74. The van der Waals surface area contributed by atoms with Gasteiger partial charge >= 0.3 is 6.18 Å². The van der Waals surface area contributed by atoms with Crippen molar-refractivity contribution in [2.75, 3.05) is 50.5 Å². The summed E-state index contributed by atoms with van der Waals surface area (Å²) in [4.78, 5) is 25.1. The zero-order chi connectivity index (χ0) is 27.6. The molecule has 1 aromatic carbocycles. The van der Waals surface area contributed by atoms with E-state index in [9.17, 15) is 18.0 Å². The van der Waals surface area contributed by atoms with Gasteiger partial charge in [0.1, 0.15) is 17.2 Å². The van der Waals surface area contributed by atoms with Crippen LogP contribution in [0.2, 0.25) is 0 Å². The number of ether oxygens (including phenoxy) is 2. The van der Waals surface area contributed by atoms with Crippen LogP contribution in [-0.2, 0) is 17.3 Å². The van der Waals surface area contributed by atoms with E-state index in [4.69, 9.17) is 9.47 Å². The van der Waals surface area contributed by atoms with E-state index >= 15 is 0 Å². The highest BCUT2D eigenvalue weighted by Crippen LogP contribution is 2.41. The second kappa shape index (κ2) is 9.55. The Balaban J connectivity index is 1.10. The third-order valence-electron chi connectivity index (χ3n) is 8.73. The Morgan fingerprint density at radius 3 is 2.70 bits per heavy atom. The maximum atomic E-state index is 13.6. The number of aromatic amines is 1. The quantitative estimate of drug-likeness (QED) is 0.430. The predicted octanol–water partition coefficient (Wildman–Crippen LogP) is 4.38. The molecule has 3 N–H and O–H groups in total. The maximum Gasteiger partial charge on any atom is 0.418 e. The van der Waals surface area contributed by atoms with Crippen LogP contribution < -0.4 is 15.4 Å². The first-order chi connectivity index (χ1) is 19.3. The summed E-state index contributed by atoms with van der Waals surface area (Å²) in [6.07, 6.45) is 0.463. The van der Waals surface area contributed by atoms with Crippen LogP contribution in [0.4, 0.5) is 30.4 Å². The summed E-state index contributed by atoms with van der Waals surface area (Å²) < 4.78 is 52.1. The van der Waals surface area contributed by atoms with Crippen LogP contribution in [0.25, 0.3) is 11.0 Å². The van der Waals surface area contributed by atoms with Crippen molar-refractivity contribution in [3.05, 3.63) is 41.1 Å². The second-order valence-corrected chi connectivity index (χ2v) is 11.0. The summed E-state index contributed by atoms with van der Waals surface area (Å²) in [5.41, 5.74) is 1.74. The summed E-state index contributed by atoms with van der Waals surface area (Å²) in [7, 11) is 1.57. The first-order valence-corrected chi connectivity index (χ1v) is 13.8. The van der Waals surface area contributed by atoms with Gasteiger partial charge in [-0.05, 0) is 31.4 Å². The molecule has 6 heterocycles. The molecule has 2 aromatic heterocycles. The number of likely N-dealkylation sites (tertiary alicyclic amines) is 2. The fourth-order valence-corrected chi connectivity index (χ4v) is 6.80. The standard InChI is InChI=1S/C28H31F3N6O3/c1-32-22-11-23(35-26-24(22)20(12-33-26)28(29,30)31)34-21-3-2-19(18-6-9-39-25(18)21)27(38)36-7-4-15(5-8-36)37-13-17-10-16(37)14-40-17/h2-3,11-12,15-17H,4-10,13-14H2,1H3,(H3,32,33,34,35)/t16-,17-/m0/s1. The van der Waals surface area contributed by atoms with E-state index in [2.05, 4.69) is 25.5 Å². The largest absolute Gasteiger partial charge is 0.491 e. The van der Waals surface area contributed by atoms with Gasteiger partial charge in [-0.1, -0.05) is 0 Å². The average Bonchev–Trinajstić information content (AvgIpc) is 3.76. The fourth-order valence-electron chi connectivity index (χ4n) is 6.80. The molecule has 7 rings (SSSR count). The Morgan fingerprint density at radius 1 is 1.18 bits per heavy atom. The molecule has 40 heavy (non-hydrogen) atoms. The normalized spacial score (nSPS) is 23.1. The number of nitrogens with zero attached hydrogens (tertiary/aromatic N) is 3. The number of morpholine rings is 1. The molecule has 4 aliphatic heterocycles. The van der Waals surface area contributed by atoms with Crippen LogP contribution >= 0.6 is 0 Å². The van der Waals surface area contributed by atoms with Crippen molar-refractivity contribution in [1.82, 2.24) is 19.8 Å². The molecule has 0 unspecified atom stereocenters. The molecular formula is C28H31F3N6O3. The minimum absolute atomic E-state index is 0.0149. The second-order valence-electron chi connectivity index (χ2n) is 11.0. The lowest BCUT2D eigenvalue weighted by atomic mass is 9.98. The van der Waals surface area contributed by atoms with Crippen LogP contribution in [0.3, 0.4) is 0 Å². The number of alkyl halides is 3. The van der Waals surface area contributed by atoms with Gasteiger partial charge in [0.2, 0.25) is 0 Å². The van der Waals surface area contributed by atoms with Crippen molar-refractivity contribution in [2.24, 2.45) is 0 Å². The number of hydrogen-bond donors (Lipinski definition) is 3. The highest BCUT2D eigenvalue weighted by atomic mass is 19.4. The molecule has 0 saturated carbocycles. The van der Waals surface area contributed by atoms with Crippen LogP contribution in [0.1, 0.15) is 40.7 Å². The average molecular weight is 557 g/mol. The molecule has 2 bridgehead atoms. The number of carbonyl (C=O) groups excluding carboxylic acids is 1. The summed E-state index contributed by atoms with van der Waals surface area (Å²) >= 11 is 0. The molecule has 4 aliphatic rings. The molecular weight excluding hydrogens is 525 g/mol. The zero-order valence-corrected chi connectivity index (χ0v) is 22.1. The molecule has 0 radical (unpaired) electrons. The van der Waals surface area contributed by atoms with Gasteiger partial charge < -0.3 is 30.0 Å². The van der Waals surface area contributed by atoms with Crippen LogP contribution in [0, 0.1) is 0 Å². The van der Waals surface area contributed by atoms with Gasteiger partial charge in [0.05, 0.1) is 36.0 Å². The topological polar surface area (TPSA) is 94.8 Å². The number of halogens is 3. The summed E-state index contributed by atoms with van der Waals surface area (Å²) in [5, 5.41) is 6.03. The number of aromatic nitrogens is 2. The number of piperidine rings is 1. The number of amides is 1. The van der Waals surface area contributed by atoms with Gasteiger partial charge in [-0.15, -0.1) is 0 Å². The number of fused-ring (bicyclic) bond motifs is 4. The van der Waals surface area contributed by atoms with Gasteiger partial charge in [0.15, 0.2) is 0 Å². The van der Waals surface area contributed by atoms with E-state index in [0.29, 0.717) is 59.7 Å². The van der Waals surface area contributed by atoms with Gasteiger partial charge in [-0.25, -0.2) is 4.98 Å². The van der Waals surface area contributed by atoms with Crippen LogP contribution in [0.5, 0.6) is 5.75 Å². The highest BCUT2D eigenvalue weighted by Gasteiger charge is 2.43. The Bertz CT molecular complexity index is 1470. The van der Waals surface area contributed by atoms with E-state index in [-0.39, 0.29) is 16.9 Å². The van der Waals surface area contributed by atoms with Crippen molar-refractivity contribution in [1.29, 1.82) is 0 Å². The van der Waals surface area contributed by atoms with E-state index in [1.165, 1.54) is 6.07 Å². The number of rotatable bonds is 5. The third-order valence-corrected chi connectivity index (χ3v) is 8.73. The summed E-state index contributed by atoms with van der Waals surface area (Å²) in [5.74, 6) is 0.956. The molecule has 0 aliphatic carbocycles. The predicted molar refractivity (Wildman–Crippen MR) is 143 cm³/mol. The molecule has 0 spiro atoms. The first-order valence-electron chi connectivity index (χ1n) is 13.8. The first kappa shape index (κ1) is 25.5. The van der Waals surface area contributed by atoms with Crippen molar-refractivity contribution >= 4 is 34.1 Å². The number of pyridine rings is 1. The van der Waals surface area contributed by atoms with E-state index in [1.54, 1.807) is 13.1 Å². The molecule has 9 nitrogen and oxygen atoms in total. The Kier molecular flexibility index (Phi) is 6.08. The zero-order valence-electron chi connectivity index (χ0n) is 22.1. The molecule has 1 amide bonds. The lowest BCUT2D eigenvalue weighted by Crippen LogP contribution is -2.50. The maximum absolute atomic E-state index is 13.6. The smallest absolute Gasteiger partial charge is 0.418 e. The molecule has 3 fully saturated rings. The Hall–Kier alpha value is -3.51. The van der Waals surface area contributed by atoms with E-state index in [0.717, 1.165) is 57.3 Å². The van der Waals surface area contributed by atoms with E-state index < -0.39 is 11.7 Å². The lowest BCUT2D eigenvalue weighted by Gasteiger charge is -2.40. The van der Waals surface area contributed by atoms with Gasteiger partial charge in [-0.2, -0.15) is 13.2 Å². The lowest BCUT2D eigenvalue weighted by molar-refractivity contribution is -0.136. The number of benzene rings is 1. The van der Waals surface area contributed by atoms with Crippen LogP contribution in [-0.4, -0.2) is 83.8 Å². The van der Waals surface area contributed by atoms with Gasteiger partial charge in [-0.3, -0.25) is 9.69 Å². The SMILES string of the molecule is CNc1cc(Nc2ccc(C(=O)N3CCC(N4C[C@@H]5C[C@H]4CO5)CC3)c3c2OCC3)nc2[nH]cc(C(F)(F)F)c12. The highest BCUT2D eigenvalue weighted by molar-refractivity contribution is 5.98. The molecule has 3 aromatic rings. The van der Waals surface area contributed by atoms with E-state index in [1.807, 2.05) is 11.0 Å². The number of hydrogen-bond acceptors (Lipinski definition) is 7. The molecule has 12 heteroatoms. The Morgan fingerprint density at radius 2 is 2.00 bits per heavy atom. The van der Waals surface area contributed by atoms with Crippen molar-refractivity contribution < 1.29 is 27.4 Å². The number of anilines is 3. The summed E-state index contributed by atoms with van der Waals surface area (Å²) in [6, 6.07) is 6.17. The number of H-pyrrole nitrogens is 1. The minimum Gasteiger partial charge on any atom is -0.491 e. The fraction of sp³-hybridized carbons (Fsp3) is 0.500. The Labute approximate surface area is 229 Å². The third kappa shape index (κ3) is 4.24.